The van der Waals surface area contributed by atoms with E-state index in [2.05, 4.69) is 0 Å². The van der Waals surface area contributed by atoms with Gasteiger partial charge in [-0.15, -0.1) is 0 Å². The summed E-state index contributed by atoms with van der Waals surface area (Å²) in [5.74, 6) is 1.08. The SMILES string of the molecule is CCOC(=O)C=Cc1cc(OCC)cc(OCC)c1. The van der Waals surface area contributed by atoms with Gasteiger partial charge in [0.25, 0.3) is 0 Å². The minimum absolute atomic E-state index is 0.359. The zero-order valence-corrected chi connectivity index (χ0v) is 11.6. The van der Waals surface area contributed by atoms with Gasteiger partial charge in [-0.3, -0.25) is 0 Å². The van der Waals surface area contributed by atoms with Crippen molar-refractivity contribution in [3.05, 3.63) is 29.8 Å². The van der Waals surface area contributed by atoms with E-state index in [4.69, 9.17) is 14.2 Å². The van der Waals surface area contributed by atoms with E-state index in [0.29, 0.717) is 19.8 Å². The molecule has 0 spiro atoms. The summed E-state index contributed by atoms with van der Waals surface area (Å²) in [5, 5.41) is 0. The molecule has 0 radical (unpaired) electrons. The molecule has 1 aromatic rings. The Kier molecular flexibility index (Phi) is 6.50. The molecule has 0 aromatic heterocycles. The highest BCUT2D eigenvalue weighted by molar-refractivity contribution is 5.87. The molecule has 0 saturated carbocycles. The molecular formula is C15H20O4. The van der Waals surface area contributed by atoms with Gasteiger partial charge in [-0.2, -0.15) is 0 Å². The maximum Gasteiger partial charge on any atom is 0.330 e. The minimum Gasteiger partial charge on any atom is -0.494 e. The Hall–Kier alpha value is -1.97. The van der Waals surface area contributed by atoms with Gasteiger partial charge >= 0.3 is 5.97 Å². The highest BCUT2D eigenvalue weighted by Gasteiger charge is 2.02. The van der Waals surface area contributed by atoms with Crippen LogP contribution in [0.3, 0.4) is 0 Å². The summed E-state index contributed by atoms with van der Waals surface area (Å²) in [4.78, 5) is 11.3. The van der Waals surface area contributed by atoms with Crippen molar-refractivity contribution in [3.63, 3.8) is 0 Å². The fourth-order valence-electron chi connectivity index (χ4n) is 1.54. The molecule has 0 saturated heterocycles. The number of rotatable bonds is 7. The van der Waals surface area contributed by atoms with Gasteiger partial charge in [0.2, 0.25) is 0 Å². The quantitative estimate of drug-likeness (QED) is 0.561. The van der Waals surface area contributed by atoms with Crippen LogP contribution in [0.15, 0.2) is 24.3 Å². The van der Waals surface area contributed by atoms with Gasteiger partial charge in [0, 0.05) is 12.1 Å². The van der Waals surface area contributed by atoms with Crippen LogP contribution < -0.4 is 9.47 Å². The predicted molar refractivity (Wildman–Crippen MR) is 74.4 cm³/mol. The molecular weight excluding hydrogens is 244 g/mol. The van der Waals surface area contributed by atoms with E-state index in [1.165, 1.54) is 6.08 Å². The molecule has 0 aliphatic carbocycles. The number of ether oxygens (including phenoxy) is 3. The van der Waals surface area contributed by atoms with Crippen LogP contribution in [0.25, 0.3) is 6.08 Å². The lowest BCUT2D eigenvalue weighted by atomic mass is 10.2. The van der Waals surface area contributed by atoms with Crippen molar-refractivity contribution in [1.29, 1.82) is 0 Å². The Balaban J connectivity index is 2.88. The van der Waals surface area contributed by atoms with Crippen LogP contribution in [0.5, 0.6) is 11.5 Å². The third-order valence-electron chi connectivity index (χ3n) is 2.22. The van der Waals surface area contributed by atoms with Crippen LogP contribution in [-0.2, 0) is 9.53 Å². The van der Waals surface area contributed by atoms with Crippen LogP contribution in [-0.4, -0.2) is 25.8 Å². The second-order valence-electron chi connectivity index (χ2n) is 3.69. The zero-order chi connectivity index (χ0) is 14.1. The highest BCUT2D eigenvalue weighted by Crippen LogP contribution is 2.24. The maximum atomic E-state index is 11.3. The smallest absolute Gasteiger partial charge is 0.330 e. The van der Waals surface area contributed by atoms with Crippen molar-refractivity contribution in [2.24, 2.45) is 0 Å². The highest BCUT2D eigenvalue weighted by atomic mass is 16.5. The second-order valence-corrected chi connectivity index (χ2v) is 3.69. The van der Waals surface area contributed by atoms with E-state index in [1.807, 2.05) is 32.0 Å². The van der Waals surface area contributed by atoms with Gasteiger partial charge < -0.3 is 14.2 Å². The Bertz CT molecular complexity index is 414. The summed E-state index contributed by atoms with van der Waals surface area (Å²) in [6.07, 6.45) is 3.08. The van der Waals surface area contributed by atoms with E-state index in [0.717, 1.165) is 17.1 Å². The first-order valence-electron chi connectivity index (χ1n) is 6.45. The summed E-state index contributed by atoms with van der Waals surface area (Å²) in [6, 6.07) is 5.53. The fraction of sp³-hybridized carbons (Fsp3) is 0.400. The van der Waals surface area contributed by atoms with E-state index in [-0.39, 0.29) is 5.97 Å². The minimum atomic E-state index is -0.359. The topological polar surface area (TPSA) is 44.8 Å². The van der Waals surface area contributed by atoms with Crippen LogP contribution in [0.4, 0.5) is 0 Å². The van der Waals surface area contributed by atoms with Gasteiger partial charge in [0.1, 0.15) is 11.5 Å². The van der Waals surface area contributed by atoms with Crippen molar-refractivity contribution in [3.8, 4) is 11.5 Å². The molecule has 19 heavy (non-hydrogen) atoms. The predicted octanol–water partition coefficient (Wildman–Crippen LogP) is 3.06. The molecule has 0 atom stereocenters. The molecule has 0 bridgehead atoms. The van der Waals surface area contributed by atoms with Gasteiger partial charge in [-0.1, -0.05) is 0 Å². The Morgan fingerprint density at radius 1 is 1.00 bits per heavy atom. The summed E-state index contributed by atoms with van der Waals surface area (Å²) >= 11 is 0. The molecule has 0 unspecified atom stereocenters. The monoisotopic (exact) mass is 264 g/mol. The summed E-state index contributed by atoms with van der Waals surface area (Å²) < 4.78 is 15.7. The maximum absolute atomic E-state index is 11.3. The van der Waals surface area contributed by atoms with E-state index >= 15 is 0 Å². The molecule has 1 rings (SSSR count). The third-order valence-corrected chi connectivity index (χ3v) is 2.22. The van der Waals surface area contributed by atoms with Crippen LogP contribution in [0, 0.1) is 0 Å². The molecule has 0 aliphatic rings. The van der Waals surface area contributed by atoms with Gasteiger partial charge in [-0.05, 0) is 44.5 Å². The second kappa shape index (κ2) is 8.19. The molecule has 4 nitrogen and oxygen atoms in total. The number of carbonyl (C=O) groups excluding carboxylic acids is 1. The Labute approximate surface area is 114 Å². The molecule has 104 valence electrons. The van der Waals surface area contributed by atoms with Gasteiger partial charge in [-0.25, -0.2) is 4.79 Å². The summed E-state index contributed by atoms with van der Waals surface area (Å²) in [7, 11) is 0. The summed E-state index contributed by atoms with van der Waals surface area (Å²) in [5.41, 5.74) is 0.836. The molecule has 0 aliphatic heterocycles. The molecule has 4 heteroatoms. The van der Waals surface area contributed by atoms with Crippen molar-refractivity contribution in [1.82, 2.24) is 0 Å². The van der Waals surface area contributed by atoms with E-state index < -0.39 is 0 Å². The lowest BCUT2D eigenvalue weighted by Crippen LogP contribution is -1.99. The number of benzene rings is 1. The van der Waals surface area contributed by atoms with E-state index in [9.17, 15) is 4.79 Å². The fourth-order valence-corrected chi connectivity index (χ4v) is 1.54. The summed E-state index contributed by atoms with van der Waals surface area (Å²) in [6.45, 7) is 7.14. The van der Waals surface area contributed by atoms with Crippen molar-refractivity contribution in [2.75, 3.05) is 19.8 Å². The largest absolute Gasteiger partial charge is 0.494 e. The first-order chi connectivity index (χ1) is 9.19. The number of hydrogen-bond donors (Lipinski definition) is 0. The Morgan fingerprint density at radius 3 is 2.05 bits per heavy atom. The third kappa shape index (κ3) is 5.46. The van der Waals surface area contributed by atoms with Crippen LogP contribution in [0.2, 0.25) is 0 Å². The van der Waals surface area contributed by atoms with Gasteiger partial charge in [0.15, 0.2) is 0 Å². The lowest BCUT2D eigenvalue weighted by molar-refractivity contribution is -0.137. The van der Waals surface area contributed by atoms with Crippen molar-refractivity contribution < 1.29 is 19.0 Å². The molecule has 0 heterocycles. The first kappa shape index (κ1) is 15.1. The van der Waals surface area contributed by atoms with Crippen molar-refractivity contribution in [2.45, 2.75) is 20.8 Å². The lowest BCUT2D eigenvalue weighted by Gasteiger charge is -2.08. The first-order valence-corrected chi connectivity index (χ1v) is 6.45. The molecule has 0 amide bonds. The average molecular weight is 264 g/mol. The van der Waals surface area contributed by atoms with Crippen LogP contribution in [0.1, 0.15) is 26.3 Å². The van der Waals surface area contributed by atoms with Crippen molar-refractivity contribution >= 4 is 12.0 Å². The number of hydrogen-bond acceptors (Lipinski definition) is 4. The van der Waals surface area contributed by atoms with E-state index in [1.54, 1.807) is 13.0 Å². The standard InChI is InChI=1S/C15H20O4/c1-4-17-13-9-12(7-8-15(16)19-6-3)10-14(11-13)18-5-2/h7-11H,4-6H2,1-3H3. The normalized spacial score (nSPS) is 10.5. The molecule has 0 N–H and O–H groups in total. The molecule has 0 fully saturated rings. The molecule has 1 aromatic carbocycles. The van der Waals surface area contributed by atoms with Crippen LogP contribution >= 0.6 is 0 Å². The average Bonchev–Trinajstić information content (AvgIpc) is 2.37. The number of carbonyl (C=O) groups is 1. The zero-order valence-electron chi connectivity index (χ0n) is 11.6. The van der Waals surface area contributed by atoms with Gasteiger partial charge in [0.05, 0.1) is 19.8 Å². The number of esters is 1. The Morgan fingerprint density at radius 2 is 1.58 bits per heavy atom.